The standard InChI is InChI=1S/C25H32N6O2/c1-25(2)32-23(21(28-30-26)17-9-15-19-11-5-3-6-12-19)24(33-25)22(29-31-27)18-10-16-20-13-7-4-8-14-20/h3-8,11-14,21-24H,9-10,15-18H2,1-2H3/t21-,22-,23+,24+/m0/s1. The highest BCUT2D eigenvalue weighted by Gasteiger charge is 2.47. The molecule has 1 aliphatic rings. The molecule has 2 aromatic carbocycles. The molecule has 0 amide bonds. The summed E-state index contributed by atoms with van der Waals surface area (Å²) in [4.78, 5) is 6.16. The van der Waals surface area contributed by atoms with Crippen LogP contribution in [0.5, 0.6) is 0 Å². The summed E-state index contributed by atoms with van der Waals surface area (Å²) in [5.74, 6) is -0.847. The van der Waals surface area contributed by atoms with Gasteiger partial charge in [-0.05, 0) is 74.6 Å². The average Bonchev–Trinajstić information content (AvgIpc) is 3.14. The monoisotopic (exact) mass is 448 g/mol. The van der Waals surface area contributed by atoms with E-state index >= 15 is 0 Å². The summed E-state index contributed by atoms with van der Waals surface area (Å²) < 4.78 is 12.4. The third-order valence-corrected chi connectivity index (χ3v) is 5.94. The summed E-state index contributed by atoms with van der Waals surface area (Å²) >= 11 is 0. The molecule has 8 heteroatoms. The summed E-state index contributed by atoms with van der Waals surface area (Å²) in [6.07, 6.45) is 3.84. The zero-order valence-corrected chi connectivity index (χ0v) is 19.3. The topological polar surface area (TPSA) is 116 Å². The maximum absolute atomic E-state index is 9.22. The highest BCUT2D eigenvalue weighted by molar-refractivity contribution is 5.15. The summed E-state index contributed by atoms with van der Waals surface area (Å²) in [5.41, 5.74) is 20.9. The lowest BCUT2D eigenvalue weighted by Crippen LogP contribution is -2.40. The van der Waals surface area contributed by atoms with Crippen molar-refractivity contribution in [2.75, 3.05) is 0 Å². The Balaban J connectivity index is 1.69. The fourth-order valence-corrected chi connectivity index (χ4v) is 4.44. The van der Waals surface area contributed by atoms with Gasteiger partial charge < -0.3 is 9.47 Å². The van der Waals surface area contributed by atoms with Gasteiger partial charge in [0.2, 0.25) is 0 Å². The van der Waals surface area contributed by atoms with Crippen LogP contribution in [0.25, 0.3) is 20.9 Å². The number of rotatable bonds is 12. The minimum absolute atomic E-state index is 0.406. The maximum atomic E-state index is 9.22. The van der Waals surface area contributed by atoms with E-state index in [2.05, 4.69) is 44.3 Å². The van der Waals surface area contributed by atoms with E-state index in [9.17, 15) is 11.1 Å². The third-order valence-electron chi connectivity index (χ3n) is 5.94. The van der Waals surface area contributed by atoms with Crippen LogP contribution in [0.3, 0.4) is 0 Å². The minimum Gasteiger partial charge on any atom is -0.344 e. The SMILES string of the molecule is CC1(C)O[C@H]([C@H](CCCc2ccccc2)N=[N+]=[N-])[C@@H]([C@H](CCCc2ccccc2)N=[N+]=[N-])O1. The molecule has 1 heterocycles. The lowest BCUT2D eigenvalue weighted by atomic mass is 9.92. The van der Waals surface area contributed by atoms with Crippen LogP contribution in [-0.2, 0) is 22.3 Å². The van der Waals surface area contributed by atoms with Gasteiger partial charge in [-0.1, -0.05) is 70.9 Å². The second kappa shape index (κ2) is 12.3. The Bertz CT molecular complexity index is 878. The molecule has 0 radical (unpaired) electrons. The first kappa shape index (κ1) is 24.6. The van der Waals surface area contributed by atoms with Crippen molar-refractivity contribution in [1.29, 1.82) is 0 Å². The molecular weight excluding hydrogens is 416 g/mol. The van der Waals surface area contributed by atoms with E-state index in [0.717, 1.165) is 25.7 Å². The van der Waals surface area contributed by atoms with E-state index in [0.29, 0.717) is 12.8 Å². The highest BCUT2D eigenvalue weighted by atomic mass is 16.8. The van der Waals surface area contributed by atoms with Crippen molar-refractivity contribution in [1.82, 2.24) is 0 Å². The van der Waals surface area contributed by atoms with Crippen molar-refractivity contribution in [2.24, 2.45) is 10.2 Å². The molecule has 8 nitrogen and oxygen atoms in total. The van der Waals surface area contributed by atoms with Crippen LogP contribution in [0.15, 0.2) is 70.9 Å². The number of ether oxygens (including phenoxy) is 2. The summed E-state index contributed by atoms with van der Waals surface area (Å²) in [6.45, 7) is 3.68. The molecule has 33 heavy (non-hydrogen) atoms. The molecular formula is C25H32N6O2. The largest absolute Gasteiger partial charge is 0.344 e. The second-order valence-electron chi connectivity index (χ2n) is 8.86. The first-order chi connectivity index (χ1) is 16.0. The zero-order valence-electron chi connectivity index (χ0n) is 19.3. The predicted octanol–water partition coefficient (Wildman–Crippen LogP) is 6.91. The van der Waals surface area contributed by atoms with Gasteiger partial charge in [-0.25, -0.2) is 0 Å². The molecule has 174 valence electrons. The average molecular weight is 449 g/mol. The van der Waals surface area contributed by atoms with E-state index in [1.54, 1.807) is 0 Å². The number of azide groups is 2. The molecule has 0 aliphatic carbocycles. The van der Waals surface area contributed by atoms with E-state index in [-0.39, 0.29) is 0 Å². The molecule has 0 aromatic heterocycles. The van der Waals surface area contributed by atoms with Crippen molar-refractivity contribution in [3.8, 4) is 0 Å². The molecule has 1 saturated heterocycles. The van der Waals surface area contributed by atoms with Crippen molar-refractivity contribution in [3.05, 3.63) is 92.7 Å². The van der Waals surface area contributed by atoms with Crippen molar-refractivity contribution >= 4 is 0 Å². The number of aryl methyl sites for hydroxylation is 2. The Kier molecular flexibility index (Phi) is 9.16. The minimum atomic E-state index is -0.847. The van der Waals surface area contributed by atoms with Gasteiger partial charge in [0.1, 0.15) is 0 Å². The van der Waals surface area contributed by atoms with Gasteiger partial charge >= 0.3 is 0 Å². The van der Waals surface area contributed by atoms with E-state index in [4.69, 9.17) is 9.47 Å². The predicted molar refractivity (Wildman–Crippen MR) is 128 cm³/mol. The fraction of sp³-hybridized carbons (Fsp3) is 0.520. The molecule has 4 atom stereocenters. The van der Waals surface area contributed by atoms with E-state index in [1.165, 1.54) is 11.1 Å². The fourth-order valence-electron chi connectivity index (χ4n) is 4.44. The first-order valence-electron chi connectivity index (χ1n) is 11.5. The van der Waals surface area contributed by atoms with Crippen LogP contribution in [-0.4, -0.2) is 30.1 Å². The summed E-state index contributed by atoms with van der Waals surface area (Å²) in [7, 11) is 0. The lowest BCUT2D eigenvalue weighted by molar-refractivity contribution is -0.149. The third kappa shape index (κ3) is 7.52. The van der Waals surface area contributed by atoms with Gasteiger partial charge in [-0.15, -0.1) is 0 Å². The van der Waals surface area contributed by atoms with Crippen LogP contribution in [0.1, 0.15) is 50.7 Å². The Hall–Kier alpha value is -3.02. The van der Waals surface area contributed by atoms with E-state index in [1.807, 2.05) is 50.2 Å². The Morgan fingerprint density at radius 2 is 1.15 bits per heavy atom. The molecule has 1 fully saturated rings. The van der Waals surface area contributed by atoms with Gasteiger partial charge in [0, 0.05) is 9.82 Å². The van der Waals surface area contributed by atoms with Crippen LogP contribution in [0, 0.1) is 0 Å². The van der Waals surface area contributed by atoms with Crippen LogP contribution >= 0.6 is 0 Å². The van der Waals surface area contributed by atoms with Crippen LogP contribution in [0.4, 0.5) is 0 Å². The van der Waals surface area contributed by atoms with Crippen LogP contribution < -0.4 is 0 Å². The van der Waals surface area contributed by atoms with Gasteiger partial charge in [0.05, 0.1) is 24.3 Å². The van der Waals surface area contributed by atoms with Gasteiger partial charge in [-0.3, -0.25) is 0 Å². The molecule has 2 aromatic rings. The Morgan fingerprint density at radius 3 is 1.52 bits per heavy atom. The summed E-state index contributed by atoms with van der Waals surface area (Å²) in [6, 6.07) is 19.6. The normalized spacial score (nSPS) is 20.9. The number of benzene rings is 2. The molecule has 0 bridgehead atoms. The van der Waals surface area contributed by atoms with Crippen molar-refractivity contribution in [3.63, 3.8) is 0 Å². The lowest BCUT2D eigenvalue weighted by Gasteiger charge is -2.27. The van der Waals surface area contributed by atoms with Gasteiger partial charge in [-0.2, -0.15) is 0 Å². The molecule has 0 saturated carbocycles. The molecule has 3 rings (SSSR count). The quantitative estimate of drug-likeness (QED) is 0.199. The number of hydrogen-bond donors (Lipinski definition) is 0. The smallest absolute Gasteiger partial charge is 0.163 e. The van der Waals surface area contributed by atoms with Gasteiger partial charge in [0.25, 0.3) is 0 Å². The Labute approximate surface area is 195 Å². The maximum Gasteiger partial charge on any atom is 0.163 e. The van der Waals surface area contributed by atoms with Crippen molar-refractivity contribution < 1.29 is 9.47 Å². The summed E-state index contributed by atoms with van der Waals surface area (Å²) in [5, 5.41) is 8.13. The Morgan fingerprint density at radius 1 is 0.758 bits per heavy atom. The number of nitrogens with zero attached hydrogens (tertiary/aromatic N) is 6. The second-order valence-corrected chi connectivity index (χ2v) is 8.86. The van der Waals surface area contributed by atoms with Gasteiger partial charge in [0.15, 0.2) is 5.79 Å². The van der Waals surface area contributed by atoms with Crippen LogP contribution in [0.2, 0.25) is 0 Å². The number of hydrogen-bond acceptors (Lipinski definition) is 4. The van der Waals surface area contributed by atoms with E-state index < -0.39 is 30.1 Å². The zero-order chi connectivity index (χ0) is 23.5. The highest BCUT2D eigenvalue weighted by Crippen LogP contribution is 2.36. The molecule has 0 spiro atoms. The van der Waals surface area contributed by atoms with Crippen molar-refractivity contribution in [2.45, 2.75) is 82.5 Å². The molecule has 0 unspecified atom stereocenters. The first-order valence-corrected chi connectivity index (χ1v) is 11.5. The molecule has 0 N–H and O–H groups in total. The molecule has 1 aliphatic heterocycles.